The molecular weight excluding hydrogens is 264 g/mol. The monoisotopic (exact) mass is 282 g/mol. The van der Waals surface area contributed by atoms with Crippen LogP contribution in [0.5, 0.6) is 0 Å². The molecular formula is C18H18FNO. The van der Waals surface area contributed by atoms with Crippen molar-refractivity contribution < 1.29 is 9.18 Å². The van der Waals surface area contributed by atoms with Crippen molar-refractivity contribution in [1.29, 1.82) is 0 Å². The van der Waals surface area contributed by atoms with Crippen LogP contribution in [0.2, 0.25) is 0 Å². The fourth-order valence-electron chi connectivity index (χ4n) is 1.95. The van der Waals surface area contributed by atoms with Crippen molar-refractivity contribution in [1.82, 2.24) is 0 Å². The molecule has 0 amide bonds. The first kappa shape index (κ1) is 15.0. The van der Waals surface area contributed by atoms with E-state index in [0.29, 0.717) is 12.0 Å². The summed E-state index contributed by atoms with van der Waals surface area (Å²) < 4.78 is 12.1. The molecule has 0 atom stereocenters. The average Bonchev–Trinajstić information content (AvgIpc) is 2.55. The highest BCUT2D eigenvalue weighted by atomic mass is 18.2. The molecule has 0 unspecified atom stereocenters. The summed E-state index contributed by atoms with van der Waals surface area (Å²) >= 11 is 0. The molecule has 0 spiro atoms. The maximum Gasteiger partial charge on any atom is 0.187 e. The number of aryl methyl sites for hydroxylation is 1. The number of carbonyl (C=O) groups is 1. The number of halogens is 1. The lowest BCUT2D eigenvalue weighted by Gasteiger charge is -2.03. The Balaban J connectivity index is 1.88. The highest BCUT2D eigenvalue weighted by Gasteiger charge is 1.99. The van der Waals surface area contributed by atoms with Gasteiger partial charge in [0, 0.05) is 23.5 Å². The molecule has 2 aromatic rings. The Morgan fingerprint density at radius 1 is 1.05 bits per heavy atom. The number of allylic oxidation sites excluding steroid dienone is 1. The van der Waals surface area contributed by atoms with Crippen LogP contribution >= 0.6 is 0 Å². The molecule has 0 aliphatic rings. The molecule has 0 saturated carbocycles. The molecule has 0 aromatic heterocycles. The van der Waals surface area contributed by atoms with Gasteiger partial charge in [-0.1, -0.05) is 42.5 Å². The van der Waals surface area contributed by atoms with Crippen LogP contribution in [-0.4, -0.2) is 12.5 Å². The van der Waals surface area contributed by atoms with Gasteiger partial charge in [0.15, 0.2) is 5.78 Å². The molecule has 0 bridgehead atoms. The van der Waals surface area contributed by atoms with E-state index >= 15 is 0 Å². The second-order valence-corrected chi connectivity index (χ2v) is 4.70. The first-order valence-electron chi connectivity index (χ1n) is 6.97. The lowest BCUT2D eigenvalue weighted by atomic mass is 10.1. The largest absolute Gasteiger partial charge is 0.362 e. The number of ketones is 1. The predicted molar refractivity (Wildman–Crippen MR) is 84.3 cm³/mol. The Kier molecular flexibility index (Phi) is 5.71. The number of carbonyl (C=O) groups excluding carboxylic acids is 1. The maximum atomic E-state index is 12.1. The highest BCUT2D eigenvalue weighted by Crippen LogP contribution is 2.11. The number of nitrogens with one attached hydrogen (secondary N) is 1. The molecule has 2 rings (SSSR count). The zero-order chi connectivity index (χ0) is 14.9. The van der Waals surface area contributed by atoms with Crippen LogP contribution in [0.3, 0.4) is 0 Å². The summed E-state index contributed by atoms with van der Waals surface area (Å²) in [6, 6.07) is 16.9. The second kappa shape index (κ2) is 8.00. The molecule has 0 fully saturated rings. The van der Waals surface area contributed by atoms with Gasteiger partial charge in [-0.05, 0) is 30.5 Å². The van der Waals surface area contributed by atoms with E-state index in [1.165, 1.54) is 6.08 Å². The Bertz CT molecular complexity index is 590. The third-order valence-corrected chi connectivity index (χ3v) is 3.10. The molecule has 0 saturated heterocycles. The van der Waals surface area contributed by atoms with Crippen LogP contribution in [0.4, 0.5) is 10.1 Å². The molecule has 21 heavy (non-hydrogen) atoms. The minimum absolute atomic E-state index is 0.0392. The van der Waals surface area contributed by atoms with Crippen LogP contribution in [0.25, 0.3) is 0 Å². The van der Waals surface area contributed by atoms with Gasteiger partial charge in [-0.15, -0.1) is 0 Å². The fourth-order valence-corrected chi connectivity index (χ4v) is 1.95. The van der Waals surface area contributed by atoms with Gasteiger partial charge in [-0.25, -0.2) is 0 Å². The van der Waals surface area contributed by atoms with Crippen molar-refractivity contribution in [3.63, 3.8) is 0 Å². The SMILES string of the molecule is O=C(/C=C/Nc1ccc(CCC[18F])cc1)c1ccccc1. The van der Waals surface area contributed by atoms with Gasteiger partial charge in [0.25, 0.3) is 0 Å². The maximum absolute atomic E-state index is 12.1. The van der Waals surface area contributed by atoms with E-state index in [-0.39, 0.29) is 12.5 Å². The van der Waals surface area contributed by atoms with Gasteiger partial charge < -0.3 is 5.32 Å². The number of rotatable bonds is 7. The topological polar surface area (TPSA) is 29.1 Å². The summed E-state index contributed by atoms with van der Waals surface area (Å²) in [6.07, 6.45) is 4.44. The van der Waals surface area contributed by atoms with Crippen LogP contribution in [-0.2, 0) is 6.42 Å². The van der Waals surface area contributed by atoms with Crippen molar-refractivity contribution in [3.05, 3.63) is 78.0 Å². The van der Waals surface area contributed by atoms with Gasteiger partial charge in [0.2, 0.25) is 0 Å². The number of anilines is 1. The van der Waals surface area contributed by atoms with Crippen LogP contribution < -0.4 is 5.32 Å². The summed E-state index contributed by atoms with van der Waals surface area (Å²) in [4.78, 5) is 11.8. The predicted octanol–water partition coefficient (Wildman–Crippen LogP) is 4.40. The average molecular weight is 282 g/mol. The Morgan fingerprint density at radius 2 is 1.76 bits per heavy atom. The first-order chi connectivity index (χ1) is 10.3. The van der Waals surface area contributed by atoms with Crippen molar-refractivity contribution in [2.45, 2.75) is 12.8 Å². The molecule has 0 radical (unpaired) electrons. The number of hydrogen-bond donors (Lipinski definition) is 1. The fraction of sp³-hybridized carbons (Fsp3) is 0.167. The van der Waals surface area contributed by atoms with E-state index in [2.05, 4.69) is 5.32 Å². The lowest BCUT2D eigenvalue weighted by molar-refractivity contribution is 0.104. The second-order valence-electron chi connectivity index (χ2n) is 4.70. The van der Waals surface area contributed by atoms with Crippen LogP contribution in [0, 0.1) is 0 Å². The zero-order valence-electron chi connectivity index (χ0n) is 11.8. The lowest BCUT2D eigenvalue weighted by Crippen LogP contribution is -1.96. The minimum atomic E-state index is -0.287. The molecule has 108 valence electrons. The molecule has 0 aliphatic heterocycles. The number of benzene rings is 2. The third kappa shape index (κ3) is 4.88. The van der Waals surface area contributed by atoms with E-state index in [0.717, 1.165) is 17.7 Å². The minimum Gasteiger partial charge on any atom is -0.362 e. The van der Waals surface area contributed by atoms with Crippen molar-refractivity contribution in [2.24, 2.45) is 0 Å². The van der Waals surface area contributed by atoms with Gasteiger partial charge in [0.05, 0.1) is 6.67 Å². The van der Waals surface area contributed by atoms with Crippen molar-refractivity contribution in [3.8, 4) is 0 Å². The number of hydrogen-bond acceptors (Lipinski definition) is 2. The number of alkyl halides is 1. The van der Waals surface area contributed by atoms with Crippen molar-refractivity contribution >= 4 is 11.5 Å². The smallest absolute Gasteiger partial charge is 0.187 e. The summed E-state index contributed by atoms with van der Waals surface area (Å²) in [7, 11) is 0. The summed E-state index contributed by atoms with van der Waals surface area (Å²) in [5.74, 6) is -0.0392. The van der Waals surface area contributed by atoms with Gasteiger partial charge in [0.1, 0.15) is 0 Å². The molecule has 2 aromatic carbocycles. The Labute approximate surface area is 124 Å². The van der Waals surface area contributed by atoms with E-state index in [4.69, 9.17) is 0 Å². The van der Waals surface area contributed by atoms with E-state index in [1.807, 2.05) is 42.5 Å². The molecule has 0 heterocycles. The Hall–Kier alpha value is -2.42. The summed E-state index contributed by atoms with van der Waals surface area (Å²) in [5, 5.41) is 3.05. The van der Waals surface area contributed by atoms with E-state index < -0.39 is 0 Å². The van der Waals surface area contributed by atoms with Crippen molar-refractivity contribution in [2.75, 3.05) is 12.0 Å². The van der Waals surface area contributed by atoms with Crippen LogP contribution in [0.1, 0.15) is 22.3 Å². The summed E-state index contributed by atoms with van der Waals surface area (Å²) in [6.45, 7) is -0.287. The quantitative estimate of drug-likeness (QED) is 0.602. The summed E-state index contributed by atoms with van der Waals surface area (Å²) in [5.41, 5.74) is 2.68. The third-order valence-electron chi connectivity index (χ3n) is 3.10. The molecule has 3 heteroatoms. The standard InChI is InChI=1S/C18H18FNO/c19-13-4-5-15-8-10-17(11-9-15)20-14-12-18(21)16-6-2-1-3-7-16/h1-3,6-12,14,20H,4-5,13H2/b14-12+/i19-1. The zero-order valence-corrected chi connectivity index (χ0v) is 11.8. The van der Waals surface area contributed by atoms with Gasteiger partial charge in [-0.3, -0.25) is 9.18 Å². The molecule has 2 nitrogen and oxygen atoms in total. The normalized spacial score (nSPS) is 10.7. The van der Waals surface area contributed by atoms with Gasteiger partial charge in [-0.2, -0.15) is 0 Å². The Morgan fingerprint density at radius 3 is 2.43 bits per heavy atom. The molecule has 0 aliphatic carbocycles. The van der Waals surface area contributed by atoms with E-state index in [1.54, 1.807) is 18.3 Å². The molecule has 1 N–H and O–H groups in total. The first-order valence-corrected chi connectivity index (χ1v) is 6.97. The highest BCUT2D eigenvalue weighted by molar-refractivity contribution is 6.04. The van der Waals surface area contributed by atoms with E-state index in [9.17, 15) is 9.18 Å². The van der Waals surface area contributed by atoms with Crippen LogP contribution in [0.15, 0.2) is 66.9 Å². The van der Waals surface area contributed by atoms with Gasteiger partial charge >= 0.3 is 0 Å².